The van der Waals surface area contributed by atoms with Crippen LogP contribution in [0.5, 0.6) is 0 Å². The third-order valence-corrected chi connectivity index (χ3v) is 5.43. The second kappa shape index (κ2) is 7.81. The van der Waals surface area contributed by atoms with Gasteiger partial charge in [-0.05, 0) is 23.8 Å². The van der Waals surface area contributed by atoms with E-state index in [1.807, 2.05) is 30.3 Å². The van der Waals surface area contributed by atoms with E-state index >= 15 is 0 Å². The van der Waals surface area contributed by atoms with Gasteiger partial charge in [-0.15, -0.1) is 0 Å². The molecule has 1 aliphatic rings. The molecule has 0 N–H and O–H groups in total. The maximum Gasteiger partial charge on any atom is 0.330 e. The molecule has 0 atom stereocenters. The average Bonchev–Trinajstić information content (AvgIpc) is 2.53. The molecule has 0 saturated heterocycles. The van der Waals surface area contributed by atoms with Crippen LogP contribution in [0.25, 0.3) is 0 Å². The first-order valence-corrected chi connectivity index (χ1v) is 8.73. The standard InChI is InChI=1S/C17H21IO2/c18-14-17(10-5-2-6-11-17)12-9-16(19)20-13-15-7-3-1-4-8-15/h1,3-4,7-9,12H,2,5-6,10-11,13-14H2/b12-9+. The molecule has 1 saturated carbocycles. The minimum absolute atomic E-state index is 0.213. The Morgan fingerprint density at radius 2 is 1.90 bits per heavy atom. The highest BCUT2D eigenvalue weighted by Gasteiger charge is 2.28. The molecule has 3 heteroatoms. The molecule has 0 bridgehead atoms. The molecule has 108 valence electrons. The SMILES string of the molecule is O=C(/C=C/C1(CI)CCCCC1)OCc1ccccc1. The fourth-order valence-electron chi connectivity index (χ4n) is 2.62. The van der Waals surface area contributed by atoms with Crippen LogP contribution in [0.3, 0.4) is 0 Å². The van der Waals surface area contributed by atoms with E-state index in [0.29, 0.717) is 6.61 Å². The highest BCUT2D eigenvalue weighted by atomic mass is 127. The predicted octanol–water partition coefficient (Wildman–Crippen LogP) is 4.67. The largest absolute Gasteiger partial charge is 0.458 e. The van der Waals surface area contributed by atoms with Gasteiger partial charge in [-0.25, -0.2) is 4.79 Å². The molecule has 2 rings (SSSR count). The van der Waals surface area contributed by atoms with E-state index in [2.05, 4.69) is 28.7 Å². The van der Waals surface area contributed by atoms with Gasteiger partial charge in [-0.2, -0.15) is 0 Å². The summed E-state index contributed by atoms with van der Waals surface area (Å²) in [5.41, 5.74) is 1.24. The van der Waals surface area contributed by atoms with Crippen molar-refractivity contribution in [1.82, 2.24) is 0 Å². The van der Waals surface area contributed by atoms with Crippen molar-refractivity contribution in [2.24, 2.45) is 5.41 Å². The third-order valence-electron chi connectivity index (χ3n) is 3.91. The quantitative estimate of drug-likeness (QED) is 0.319. The number of allylic oxidation sites excluding steroid dienone is 1. The number of carbonyl (C=O) groups excluding carboxylic acids is 1. The van der Waals surface area contributed by atoms with Gasteiger partial charge in [0.1, 0.15) is 6.61 Å². The summed E-state index contributed by atoms with van der Waals surface area (Å²) in [4.78, 5) is 11.8. The van der Waals surface area contributed by atoms with Gasteiger partial charge in [0, 0.05) is 10.5 Å². The van der Waals surface area contributed by atoms with Crippen LogP contribution in [0.2, 0.25) is 0 Å². The minimum Gasteiger partial charge on any atom is -0.458 e. The van der Waals surface area contributed by atoms with Crippen molar-refractivity contribution in [3.8, 4) is 0 Å². The Kier molecular flexibility index (Phi) is 6.07. The van der Waals surface area contributed by atoms with Crippen LogP contribution >= 0.6 is 22.6 Å². The van der Waals surface area contributed by atoms with E-state index < -0.39 is 0 Å². The number of ether oxygens (including phenoxy) is 1. The molecule has 20 heavy (non-hydrogen) atoms. The first-order valence-electron chi connectivity index (χ1n) is 7.20. The van der Waals surface area contributed by atoms with Crippen molar-refractivity contribution in [3.63, 3.8) is 0 Å². The topological polar surface area (TPSA) is 26.3 Å². The summed E-state index contributed by atoms with van der Waals surface area (Å²) in [5.74, 6) is -0.233. The van der Waals surface area contributed by atoms with Crippen LogP contribution in [-0.4, -0.2) is 10.4 Å². The van der Waals surface area contributed by atoms with E-state index in [9.17, 15) is 4.79 Å². The van der Waals surface area contributed by atoms with Crippen molar-refractivity contribution < 1.29 is 9.53 Å². The van der Waals surface area contributed by atoms with Gasteiger partial charge in [0.25, 0.3) is 0 Å². The summed E-state index contributed by atoms with van der Waals surface area (Å²) in [5, 5.41) is 0. The molecule has 1 aromatic carbocycles. The number of esters is 1. The zero-order valence-electron chi connectivity index (χ0n) is 11.7. The summed E-state index contributed by atoms with van der Waals surface area (Å²) in [6, 6.07) is 9.78. The van der Waals surface area contributed by atoms with Gasteiger partial charge in [-0.3, -0.25) is 0 Å². The molecule has 0 radical (unpaired) electrons. The summed E-state index contributed by atoms with van der Waals surface area (Å²) in [6.45, 7) is 0.348. The molecule has 0 heterocycles. The second-order valence-corrected chi connectivity index (χ2v) is 6.25. The Morgan fingerprint density at radius 1 is 1.20 bits per heavy atom. The third kappa shape index (κ3) is 4.62. The summed E-state index contributed by atoms with van der Waals surface area (Å²) >= 11 is 2.43. The number of rotatable bonds is 5. The second-order valence-electron chi connectivity index (χ2n) is 5.48. The summed E-state index contributed by atoms with van der Waals surface area (Å²) in [7, 11) is 0. The predicted molar refractivity (Wildman–Crippen MR) is 89.8 cm³/mol. The number of alkyl halides is 1. The molecule has 0 amide bonds. The van der Waals surface area contributed by atoms with Gasteiger partial charge in [-0.1, -0.05) is 78.3 Å². The Bertz CT molecular complexity index is 447. The van der Waals surface area contributed by atoms with Crippen LogP contribution < -0.4 is 0 Å². The molecule has 1 aromatic rings. The van der Waals surface area contributed by atoms with Crippen LogP contribution in [-0.2, 0) is 16.1 Å². The zero-order valence-corrected chi connectivity index (χ0v) is 13.8. The van der Waals surface area contributed by atoms with Crippen molar-refractivity contribution >= 4 is 28.6 Å². The van der Waals surface area contributed by atoms with Gasteiger partial charge in [0.05, 0.1) is 0 Å². The fourth-order valence-corrected chi connectivity index (χ4v) is 3.64. The number of halogens is 1. The van der Waals surface area contributed by atoms with E-state index in [0.717, 1.165) is 9.99 Å². The molecule has 0 unspecified atom stereocenters. The van der Waals surface area contributed by atoms with Crippen LogP contribution in [0, 0.1) is 5.41 Å². The Balaban J connectivity index is 1.85. The normalized spacial score (nSPS) is 18.1. The Hall–Kier alpha value is -0.840. The summed E-state index contributed by atoms with van der Waals surface area (Å²) < 4.78 is 6.36. The summed E-state index contributed by atoms with van der Waals surface area (Å²) in [6.07, 6.45) is 9.97. The molecule has 1 aliphatic carbocycles. The molecular weight excluding hydrogens is 363 g/mol. The molecule has 0 spiro atoms. The van der Waals surface area contributed by atoms with Crippen LogP contribution in [0.4, 0.5) is 0 Å². The lowest BCUT2D eigenvalue weighted by Gasteiger charge is -2.32. The van der Waals surface area contributed by atoms with Gasteiger partial charge < -0.3 is 4.74 Å². The van der Waals surface area contributed by atoms with Crippen LogP contribution in [0.1, 0.15) is 37.7 Å². The van der Waals surface area contributed by atoms with Gasteiger partial charge in [0.15, 0.2) is 0 Å². The van der Waals surface area contributed by atoms with E-state index in [1.165, 1.54) is 32.1 Å². The monoisotopic (exact) mass is 384 g/mol. The maximum absolute atomic E-state index is 11.8. The molecule has 1 fully saturated rings. The average molecular weight is 384 g/mol. The lowest BCUT2D eigenvalue weighted by atomic mass is 9.75. The molecular formula is C17H21IO2. The lowest BCUT2D eigenvalue weighted by molar-refractivity contribution is -0.139. The maximum atomic E-state index is 11.8. The lowest BCUT2D eigenvalue weighted by Crippen LogP contribution is -2.23. The number of hydrogen-bond acceptors (Lipinski definition) is 2. The van der Waals surface area contributed by atoms with E-state index in [4.69, 9.17) is 4.74 Å². The molecule has 2 nitrogen and oxygen atoms in total. The zero-order chi connectivity index (χ0) is 14.3. The highest BCUT2D eigenvalue weighted by Crippen LogP contribution is 2.39. The number of benzene rings is 1. The van der Waals surface area contributed by atoms with Crippen molar-refractivity contribution in [1.29, 1.82) is 0 Å². The Labute approximate surface area is 134 Å². The molecule has 0 aromatic heterocycles. The highest BCUT2D eigenvalue weighted by molar-refractivity contribution is 14.1. The smallest absolute Gasteiger partial charge is 0.330 e. The van der Waals surface area contributed by atoms with Crippen LogP contribution in [0.15, 0.2) is 42.5 Å². The van der Waals surface area contributed by atoms with Gasteiger partial charge >= 0.3 is 5.97 Å². The van der Waals surface area contributed by atoms with E-state index in [-0.39, 0.29) is 11.4 Å². The minimum atomic E-state index is -0.233. The number of carbonyl (C=O) groups is 1. The number of hydrogen-bond donors (Lipinski definition) is 0. The van der Waals surface area contributed by atoms with Crippen molar-refractivity contribution in [2.75, 3.05) is 4.43 Å². The van der Waals surface area contributed by atoms with E-state index in [1.54, 1.807) is 6.08 Å². The first kappa shape index (κ1) is 15.5. The first-order chi connectivity index (χ1) is 9.74. The van der Waals surface area contributed by atoms with Crippen molar-refractivity contribution in [2.45, 2.75) is 38.7 Å². The Morgan fingerprint density at radius 3 is 2.55 bits per heavy atom. The fraction of sp³-hybridized carbons (Fsp3) is 0.471. The van der Waals surface area contributed by atoms with Gasteiger partial charge in [0.2, 0.25) is 0 Å². The molecule has 0 aliphatic heterocycles. The van der Waals surface area contributed by atoms with Crippen molar-refractivity contribution in [3.05, 3.63) is 48.0 Å².